The lowest BCUT2D eigenvalue weighted by Crippen LogP contribution is -1.84. The number of aromatic nitrogens is 2. The van der Waals surface area contributed by atoms with Crippen LogP contribution in [0.4, 0.5) is 0 Å². The number of aryl methyl sites for hydroxylation is 1. The van der Waals surface area contributed by atoms with Crippen LogP contribution >= 0.6 is 0 Å². The van der Waals surface area contributed by atoms with E-state index in [0.29, 0.717) is 0 Å². The Hall–Kier alpha value is -2.61. The Morgan fingerprint density at radius 2 is 1.65 bits per heavy atom. The highest BCUT2D eigenvalue weighted by Crippen LogP contribution is 2.29. The van der Waals surface area contributed by atoms with Gasteiger partial charge in [0.15, 0.2) is 0 Å². The van der Waals surface area contributed by atoms with Crippen molar-refractivity contribution < 1.29 is 0 Å². The summed E-state index contributed by atoms with van der Waals surface area (Å²) in [4.78, 5) is 4.80. The number of benzene rings is 2. The second-order valence-corrected chi connectivity index (χ2v) is 5.06. The van der Waals surface area contributed by atoms with Crippen molar-refractivity contribution in [1.82, 2.24) is 9.55 Å². The molecular formula is C18H14N2. The first kappa shape index (κ1) is 11.2. The number of rotatable bonds is 1. The molecule has 0 saturated heterocycles. The molecule has 0 atom stereocenters. The summed E-state index contributed by atoms with van der Waals surface area (Å²) in [5, 5.41) is 2.43. The van der Waals surface area contributed by atoms with Crippen LogP contribution in [-0.2, 0) is 7.05 Å². The first-order chi connectivity index (χ1) is 9.83. The fourth-order valence-electron chi connectivity index (χ4n) is 2.76. The molecule has 0 amide bonds. The fourth-order valence-corrected chi connectivity index (χ4v) is 2.76. The molecule has 0 aliphatic carbocycles. The van der Waals surface area contributed by atoms with Crippen molar-refractivity contribution >= 4 is 21.8 Å². The van der Waals surface area contributed by atoms with Gasteiger partial charge in [-0.3, -0.25) is 0 Å². The summed E-state index contributed by atoms with van der Waals surface area (Å²) in [6.07, 6.45) is 2.15. The van der Waals surface area contributed by atoms with Crippen molar-refractivity contribution in [1.29, 1.82) is 0 Å². The lowest BCUT2D eigenvalue weighted by Gasteiger charge is -2.01. The van der Waals surface area contributed by atoms with Gasteiger partial charge >= 0.3 is 0 Å². The molecule has 0 radical (unpaired) electrons. The second-order valence-electron chi connectivity index (χ2n) is 5.06. The van der Waals surface area contributed by atoms with E-state index in [1.54, 1.807) is 0 Å². The summed E-state index contributed by atoms with van der Waals surface area (Å²) in [6, 6.07) is 20.9. The average molecular weight is 258 g/mol. The zero-order valence-electron chi connectivity index (χ0n) is 11.2. The molecule has 0 fully saturated rings. The van der Waals surface area contributed by atoms with Gasteiger partial charge in [-0.25, -0.2) is 4.98 Å². The van der Waals surface area contributed by atoms with Crippen LogP contribution in [0.3, 0.4) is 0 Å². The quantitative estimate of drug-likeness (QED) is 0.495. The van der Waals surface area contributed by atoms with Gasteiger partial charge in [0.2, 0.25) is 0 Å². The van der Waals surface area contributed by atoms with E-state index >= 15 is 0 Å². The largest absolute Gasteiger partial charge is 0.350 e. The fraction of sp³-hybridized carbons (Fsp3) is 0.0556. The number of hydrogen-bond acceptors (Lipinski definition) is 1. The lowest BCUT2D eigenvalue weighted by molar-refractivity contribution is 0.969. The Bertz CT molecular complexity index is 919. The maximum absolute atomic E-state index is 4.80. The molecule has 0 aliphatic heterocycles. The third kappa shape index (κ3) is 1.62. The van der Waals surface area contributed by atoms with Gasteiger partial charge in [0.1, 0.15) is 0 Å². The minimum absolute atomic E-state index is 1.03. The second kappa shape index (κ2) is 4.20. The molecule has 0 unspecified atom stereocenters. The normalized spacial score (nSPS) is 11.2. The van der Waals surface area contributed by atoms with Crippen LogP contribution in [-0.4, -0.2) is 9.55 Å². The summed E-state index contributed by atoms with van der Waals surface area (Å²) in [5.74, 6) is 0. The summed E-state index contributed by atoms with van der Waals surface area (Å²) < 4.78 is 2.15. The Balaban J connectivity index is 2.01. The minimum Gasteiger partial charge on any atom is -0.350 e. The summed E-state index contributed by atoms with van der Waals surface area (Å²) in [6.45, 7) is 0. The topological polar surface area (TPSA) is 17.8 Å². The molecule has 2 aromatic carbocycles. The van der Waals surface area contributed by atoms with Gasteiger partial charge in [0.25, 0.3) is 0 Å². The molecule has 2 heterocycles. The van der Waals surface area contributed by atoms with Crippen LogP contribution in [0.15, 0.2) is 66.9 Å². The number of pyridine rings is 1. The number of hydrogen-bond donors (Lipinski definition) is 0. The van der Waals surface area contributed by atoms with Crippen molar-refractivity contribution in [2.45, 2.75) is 0 Å². The molecule has 0 spiro atoms. The van der Waals surface area contributed by atoms with Crippen LogP contribution < -0.4 is 0 Å². The molecule has 2 aromatic heterocycles. The van der Waals surface area contributed by atoms with Crippen LogP contribution in [0.25, 0.3) is 33.1 Å². The van der Waals surface area contributed by atoms with Gasteiger partial charge in [0, 0.05) is 35.1 Å². The Kier molecular flexibility index (Phi) is 2.36. The standard InChI is InChI=1S/C18H14N2/c1-20-12-15(14-7-3-5-9-18(14)20)17-11-10-13-6-2-4-8-16(13)19-17/h2-12H,1H3. The molecule has 0 N–H and O–H groups in total. The predicted molar refractivity (Wildman–Crippen MR) is 83.7 cm³/mol. The van der Waals surface area contributed by atoms with Gasteiger partial charge in [-0.2, -0.15) is 0 Å². The molecule has 20 heavy (non-hydrogen) atoms. The van der Waals surface area contributed by atoms with Crippen molar-refractivity contribution in [3.63, 3.8) is 0 Å². The zero-order chi connectivity index (χ0) is 13.5. The van der Waals surface area contributed by atoms with Crippen LogP contribution in [0.5, 0.6) is 0 Å². The summed E-state index contributed by atoms with van der Waals surface area (Å²) in [7, 11) is 2.08. The van der Waals surface area contributed by atoms with Gasteiger partial charge in [0.05, 0.1) is 11.2 Å². The van der Waals surface area contributed by atoms with E-state index in [2.05, 4.69) is 66.3 Å². The molecule has 0 bridgehead atoms. The van der Waals surface area contributed by atoms with Gasteiger partial charge in [-0.15, -0.1) is 0 Å². The monoisotopic (exact) mass is 258 g/mol. The third-order valence-corrected chi connectivity index (χ3v) is 3.77. The van der Waals surface area contributed by atoms with Crippen LogP contribution in [0, 0.1) is 0 Å². The first-order valence-corrected chi connectivity index (χ1v) is 6.73. The van der Waals surface area contributed by atoms with Gasteiger partial charge < -0.3 is 4.57 Å². The molecule has 0 aliphatic rings. The van der Waals surface area contributed by atoms with E-state index in [1.165, 1.54) is 21.9 Å². The van der Waals surface area contributed by atoms with E-state index < -0.39 is 0 Å². The van der Waals surface area contributed by atoms with E-state index in [4.69, 9.17) is 4.98 Å². The number of para-hydroxylation sites is 2. The molecule has 96 valence electrons. The molecule has 4 rings (SSSR count). The average Bonchev–Trinajstić information content (AvgIpc) is 2.85. The number of nitrogens with zero attached hydrogens (tertiary/aromatic N) is 2. The maximum Gasteiger partial charge on any atom is 0.0731 e. The van der Waals surface area contributed by atoms with Gasteiger partial charge in [-0.05, 0) is 18.2 Å². The highest BCUT2D eigenvalue weighted by molar-refractivity contribution is 5.96. The van der Waals surface area contributed by atoms with Crippen molar-refractivity contribution in [3.8, 4) is 11.3 Å². The number of fused-ring (bicyclic) bond motifs is 2. The molecular weight excluding hydrogens is 244 g/mol. The van der Waals surface area contributed by atoms with E-state index in [-0.39, 0.29) is 0 Å². The molecule has 2 heteroatoms. The summed E-state index contributed by atoms with van der Waals surface area (Å²) in [5.41, 5.74) is 4.49. The van der Waals surface area contributed by atoms with Crippen LogP contribution in [0.1, 0.15) is 0 Å². The molecule has 0 saturated carbocycles. The van der Waals surface area contributed by atoms with E-state index in [9.17, 15) is 0 Å². The predicted octanol–water partition coefficient (Wildman–Crippen LogP) is 4.39. The van der Waals surface area contributed by atoms with Crippen molar-refractivity contribution in [2.24, 2.45) is 7.05 Å². The zero-order valence-corrected chi connectivity index (χ0v) is 11.2. The maximum atomic E-state index is 4.80. The van der Waals surface area contributed by atoms with E-state index in [1.807, 2.05) is 12.1 Å². The van der Waals surface area contributed by atoms with Gasteiger partial charge in [-0.1, -0.05) is 42.5 Å². The third-order valence-electron chi connectivity index (χ3n) is 3.77. The summed E-state index contributed by atoms with van der Waals surface area (Å²) >= 11 is 0. The Morgan fingerprint density at radius 1 is 0.850 bits per heavy atom. The highest BCUT2D eigenvalue weighted by Gasteiger charge is 2.09. The smallest absolute Gasteiger partial charge is 0.0731 e. The lowest BCUT2D eigenvalue weighted by atomic mass is 10.1. The highest BCUT2D eigenvalue weighted by atomic mass is 14.9. The van der Waals surface area contributed by atoms with Crippen molar-refractivity contribution in [2.75, 3.05) is 0 Å². The molecule has 4 aromatic rings. The minimum atomic E-state index is 1.03. The SMILES string of the molecule is Cn1cc(-c2ccc3ccccc3n2)c2ccccc21. The van der Waals surface area contributed by atoms with E-state index in [0.717, 1.165) is 11.2 Å². The van der Waals surface area contributed by atoms with Crippen LogP contribution in [0.2, 0.25) is 0 Å². The van der Waals surface area contributed by atoms with Crippen molar-refractivity contribution in [3.05, 3.63) is 66.9 Å². The Labute approximate surface area is 117 Å². The Morgan fingerprint density at radius 3 is 2.60 bits per heavy atom. The molecule has 2 nitrogen and oxygen atoms in total. The first-order valence-electron chi connectivity index (χ1n) is 6.73.